The Morgan fingerprint density at radius 2 is 2.13 bits per heavy atom. The lowest BCUT2D eigenvalue weighted by atomic mass is 9.93. The molecule has 2 heterocycles. The second kappa shape index (κ2) is 6.25. The van der Waals surface area contributed by atoms with Gasteiger partial charge in [0.25, 0.3) is 5.91 Å². The number of ether oxygens (including phenoxy) is 1. The molecule has 0 spiro atoms. The Hall–Kier alpha value is -0.810. The van der Waals surface area contributed by atoms with E-state index in [1.165, 1.54) is 0 Å². The summed E-state index contributed by atoms with van der Waals surface area (Å²) in [5, 5.41) is 4.55. The van der Waals surface area contributed by atoms with Gasteiger partial charge in [-0.05, 0) is 50.5 Å². The Balaban J connectivity index is 1.83. The van der Waals surface area contributed by atoms with Crippen molar-refractivity contribution in [1.29, 1.82) is 0 Å². The minimum atomic E-state index is -0.450. The number of hydrogen-bond acceptors (Lipinski definition) is 3. The second-order valence-corrected chi connectivity index (χ2v) is 7.76. The predicted molar refractivity (Wildman–Crippen MR) is 92.1 cm³/mol. The summed E-state index contributed by atoms with van der Waals surface area (Å²) >= 11 is 12.5. The first-order chi connectivity index (χ1) is 10.8. The highest BCUT2D eigenvalue weighted by atomic mass is 35.5. The molecule has 23 heavy (non-hydrogen) atoms. The van der Waals surface area contributed by atoms with Gasteiger partial charge in [-0.2, -0.15) is 0 Å². The summed E-state index contributed by atoms with van der Waals surface area (Å²) in [6.45, 7) is 7.95. The lowest BCUT2D eigenvalue weighted by Crippen LogP contribution is -2.57. The van der Waals surface area contributed by atoms with Gasteiger partial charge in [0.05, 0.1) is 11.6 Å². The lowest BCUT2D eigenvalue weighted by Gasteiger charge is -2.41. The van der Waals surface area contributed by atoms with Gasteiger partial charge in [0.1, 0.15) is 6.10 Å². The van der Waals surface area contributed by atoms with Gasteiger partial charge in [-0.25, -0.2) is 0 Å². The van der Waals surface area contributed by atoms with Crippen LogP contribution in [0, 0.1) is 0 Å². The maximum absolute atomic E-state index is 12.9. The van der Waals surface area contributed by atoms with Gasteiger partial charge in [-0.1, -0.05) is 23.2 Å². The van der Waals surface area contributed by atoms with Crippen LogP contribution >= 0.6 is 23.2 Å². The molecule has 0 aliphatic carbocycles. The van der Waals surface area contributed by atoms with Crippen molar-refractivity contribution < 1.29 is 9.53 Å². The van der Waals surface area contributed by atoms with Crippen molar-refractivity contribution in [3.05, 3.63) is 33.3 Å². The fourth-order valence-electron chi connectivity index (χ4n) is 3.50. The van der Waals surface area contributed by atoms with E-state index in [1.54, 1.807) is 6.07 Å². The van der Waals surface area contributed by atoms with Gasteiger partial charge >= 0.3 is 0 Å². The van der Waals surface area contributed by atoms with Gasteiger partial charge in [-0.15, -0.1) is 0 Å². The Bertz CT molecular complexity index is 633. The molecule has 126 valence electrons. The van der Waals surface area contributed by atoms with Crippen molar-refractivity contribution in [2.45, 2.75) is 44.9 Å². The molecule has 2 aliphatic rings. The van der Waals surface area contributed by atoms with E-state index in [-0.39, 0.29) is 17.6 Å². The molecule has 1 unspecified atom stereocenters. The Morgan fingerprint density at radius 1 is 1.39 bits per heavy atom. The van der Waals surface area contributed by atoms with Crippen LogP contribution in [0.3, 0.4) is 0 Å². The van der Waals surface area contributed by atoms with E-state index in [0.717, 1.165) is 24.1 Å². The minimum Gasteiger partial charge on any atom is -0.360 e. The zero-order valence-corrected chi connectivity index (χ0v) is 15.2. The largest absolute Gasteiger partial charge is 0.360 e. The molecule has 0 radical (unpaired) electrons. The molecule has 1 fully saturated rings. The summed E-state index contributed by atoms with van der Waals surface area (Å²) in [6, 6.07) is 3.61. The van der Waals surface area contributed by atoms with Gasteiger partial charge in [0.2, 0.25) is 0 Å². The zero-order chi connectivity index (χ0) is 16.8. The SMILES string of the molecule is CC1c2c(Cl)cc(Cl)cc2CCN1C(=O)[C@H]1CNCC(C)(C)O1. The Labute approximate surface area is 147 Å². The normalized spacial score (nSPS) is 26.7. The Morgan fingerprint density at radius 3 is 2.83 bits per heavy atom. The van der Waals surface area contributed by atoms with Gasteiger partial charge in [-0.3, -0.25) is 4.79 Å². The van der Waals surface area contributed by atoms with E-state index >= 15 is 0 Å². The maximum atomic E-state index is 12.9. The number of fused-ring (bicyclic) bond motifs is 1. The highest BCUT2D eigenvalue weighted by Gasteiger charge is 2.38. The third kappa shape index (κ3) is 3.36. The summed E-state index contributed by atoms with van der Waals surface area (Å²) in [5.74, 6) is 0.0226. The molecule has 6 heteroatoms. The van der Waals surface area contributed by atoms with Crippen LogP contribution < -0.4 is 5.32 Å². The van der Waals surface area contributed by atoms with Gasteiger partial charge < -0.3 is 15.0 Å². The number of carbonyl (C=O) groups is 1. The van der Waals surface area contributed by atoms with Crippen LogP contribution in [-0.4, -0.2) is 42.1 Å². The predicted octanol–water partition coefficient (Wildman–Crippen LogP) is 3.21. The average Bonchev–Trinajstić information content (AvgIpc) is 2.45. The summed E-state index contributed by atoms with van der Waals surface area (Å²) in [4.78, 5) is 14.8. The Kier molecular flexibility index (Phi) is 4.62. The van der Waals surface area contributed by atoms with Crippen molar-refractivity contribution in [3.8, 4) is 0 Å². The van der Waals surface area contributed by atoms with Gasteiger partial charge in [0.15, 0.2) is 0 Å². The summed E-state index contributed by atoms with van der Waals surface area (Å²) < 4.78 is 5.97. The van der Waals surface area contributed by atoms with Crippen molar-refractivity contribution in [2.75, 3.05) is 19.6 Å². The minimum absolute atomic E-state index is 0.0226. The molecule has 1 aromatic carbocycles. The zero-order valence-electron chi connectivity index (χ0n) is 13.7. The summed E-state index contributed by atoms with van der Waals surface area (Å²) in [6.07, 6.45) is 0.309. The number of hydrogen-bond donors (Lipinski definition) is 1. The molecular weight excluding hydrogens is 335 g/mol. The van der Waals surface area contributed by atoms with Gasteiger partial charge in [0, 0.05) is 29.7 Å². The van der Waals surface area contributed by atoms with Crippen LogP contribution in [0.1, 0.15) is 37.9 Å². The quantitative estimate of drug-likeness (QED) is 0.839. The van der Waals surface area contributed by atoms with Crippen LogP contribution in [-0.2, 0) is 16.0 Å². The molecule has 1 N–H and O–H groups in total. The van der Waals surface area contributed by atoms with Crippen LogP contribution in [0.25, 0.3) is 0 Å². The molecule has 1 saturated heterocycles. The monoisotopic (exact) mass is 356 g/mol. The fourth-order valence-corrected chi connectivity index (χ4v) is 4.19. The van der Waals surface area contributed by atoms with Crippen molar-refractivity contribution in [3.63, 3.8) is 0 Å². The standard InChI is InChI=1S/C17H22Cl2N2O2/c1-10-15-11(6-12(18)7-13(15)19)4-5-21(10)16(22)14-8-20-9-17(2,3)23-14/h6-7,10,14,20H,4-5,8-9H2,1-3H3/t10?,14-/m1/s1. The first-order valence-corrected chi connectivity index (χ1v) is 8.71. The summed E-state index contributed by atoms with van der Waals surface area (Å²) in [5.41, 5.74) is 1.79. The molecule has 2 atom stereocenters. The van der Waals surface area contributed by atoms with Crippen molar-refractivity contribution >= 4 is 29.1 Å². The number of carbonyl (C=O) groups excluding carboxylic acids is 1. The molecule has 4 nitrogen and oxygen atoms in total. The van der Waals surface area contributed by atoms with Crippen molar-refractivity contribution in [2.24, 2.45) is 0 Å². The highest BCUT2D eigenvalue weighted by Crippen LogP contribution is 2.37. The van der Waals surface area contributed by atoms with Crippen molar-refractivity contribution in [1.82, 2.24) is 10.2 Å². The number of benzene rings is 1. The first kappa shape index (κ1) is 17.0. The third-order valence-electron chi connectivity index (χ3n) is 4.59. The maximum Gasteiger partial charge on any atom is 0.253 e. The number of rotatable bonds is 1. The number of halogens is 2. The summed E-state index contributed by atoms with van der Waals surface area (Å²) in [7, 11) is 0. The molecule has 0 aromatic heterocycles. The van der Waals surface area contributed by atoms with Crippen LogP contribution in [0.5, 0.6) is 0 Å². The van der Waals surface area contributed by atoms with Crippen LogP contribution in [0.15, 0.2) is 12.1 Å². The molecule has 2 aliphatic heterocycles. The topological polar surface area (TPSA) is 41.6 Å². The third-order valence-corrected chi connectivity index (χ3v) is 5.12. The second-order valence-electron chi connectivity index (χ2n) is 6.92. The van der Waals surface area contributed by atoms with Crippen LogP contribution in [0.4, 0.5) is 0 Å². The van der Waals surface area contributed by atoms with E-state index in [2.05, 4.69) is 5.32 Å². The van der Waals surface area contributed by atoms with E-state index in [4.69, 9.17) is 27.9 Å². The van der Waals surface area contributed by atoms with E-state index in [1.807, 2.05) is 31.7 Å². The molecule has 1 aromatic rings. The molecule has 0 saturated carbocycles. The van der Waals surface area contributed by atoms with E-state index in [9.17, 15) is 4.79 Å². The molecule has 1 amide bonds. The number of nitrogens with zero attached hydrogens (tertiary/aromatic N) is 1. The van der Waals surface area contributed by atoms with E-state index in [0.29, 0.717) is 23.1 Å². The number of morpholine rings is 1. The number of amides is 1. The highest BCUT2D eigenvalue weighted by molar-refractivity contribution is 6.35. The lowest BCUT2D eigenvalue weighted by molar-refractivity contribution is -0.162. The smallest absolute Gasteiger partial charge is 0.253 e. The molecule has 3 rings (SSSR count). The number of nitrogens with one attached hydrogen (secondary N) is 1. The molecular formula is C17H22Cl2N2O2. The fraction of sp³-hybridized carbons (Fsp3) is 0.588. The first-order valence-electron chi connectivity index (χ1n) is 7.95. The van der Waals surface area contributed by atoms with E-state index < -0.39 is 6.10 Å². The molecule has 0 bridgehead atoms. The average molecular weight is 357 g/mol. The van der Waals surface area contributed by atoms with Crippen LogP contribution in [0.2, 0.25) is 10.0 Å².